The highest BCUT2D eigenvalue weighted by atomic mass is 35.5. The average Bonchev–Trinajstić information content (AvgIpc) is 2.16. The number of carbonyl (C=O) groups excluding carboxylic acids is 1. The Bertz CT molecular complexity index is 239. The highest BCUT2D eigenvalue weighted by Gasteiger charge is 2.29. The van der Waals surface area contributed by atoms with Crippen LogP contribution in [0.4, 0.5) is 4.79 Å². The van der Waals surface area contributed by atoms with E-state index in [4.69, 9.17) is 4.74 Å². The molecular formula is C12H25ClN2O2. The van der Waals surface area contributed by atoms with Gasteiger partial charge in [-0.3, -0.25) is 0 Å². The Hall–Kier alpha value is -0.480. The van der Waals surface area contributed by atoms with Crippen LogP contribution in [0.25, 0.3) is 0 Å². The van der Waals surface area contributed by atoms with E-state index in [0.29, 0.717) is 0 Å². The lowest BCUT2D eigenvalue weighted by Gasteiger charge is -2.37. The van der Waals surface area contributed by atoms with E-state index in [0.717, 1.165) is 32.5 Å². The summed E-state index contributed by atoms with van der Waals surface area (Å²) in [6.07, 6.45) is 1.95. The van der Waals surface area contributed by atoms with Gasteiger partial charge in [0.1, 0.15) is 5.60 Å². The molecule has 0 aromatic heterocycles. The molecule has 0 spiro atoms. The Kier molecular flexibility index (Phi) is 6.87. The molecule has 0 aromatic carbocycles. The maximum atomic E-state index is 12.0. The molecule has 0 radical (unpaired) electrons. The molecular weight excluding hydrogens is 240 g/mol. The van der Waals surface area contributed by atoms with Crippen LogP contribution in [-0.4, -0.2) is 42.3 Å². The number of amides is 1. The Morgan fingerprint density at radius 3 is 2.65 bits per heavy atom. The van der Waals surface area contributed by atoms with E-state index < -0.39 is 5.60 Å². The van der Waals surface area contributed by atoms with Crippen molar-refractivity contribution in [2.24, 2.45) is 0 Å². The molecule has 17 heavy (non-hydrogen) atoms. The Morgan fingerprint density at radius 2 is 2.12 bits per heavy atom. The third-order valence-corrected chi connectivity index (χ3v) is 2.60. The zero-order valence-electron chi connectivity index (χ0n) is 11.3. The van der Waals surface area contributed by atoms with Crippen molar-refractivity contribution in [2.75, 3.05) is 19.6 Å². The number of carbonyl (C=O) groups is 1. The minimum Gasteiger partial charge on any atom is -0.444 e. The van der Waals surface area contributed by atoms with E-state index in [1.54, 1.807) is 0 Å². The molecule has 1 aliphatic rings. The second-order valence-corrected chi connectivity index (χ2v) is 5.32. The normalized spacial score (nSPS) is 20.7. The summed E-state index contributed by atoms with van der Waals surface area (Å²) in [7, 11) is 0. The highest BCUT2D eigenvalue weighted by molar-refractivity contribution is 5.85. The van der Waals surface area contributed by atoms with Crippen molar-refractivity contribution in [3.63, 3.8) is 0 Å². The molecule has 1 amide bonds. The molecule has 0 bridgehead atoms. The number of rotatable bonds is 2. The summed E-state index contributed by atoms with van der Waals surface area (Å²) in [6, 6.07) is 0.286. The van der Waals surface area contributed by atoms with Crippen molar-refractivity contribution < 1.29 is 9.53 Å². The van der Waals surface area contributed by atoms with E-state index in [1.165, 1.54) is 0 Å². The first-order valence-corrected chi connectivity index (χ1v) is 6.14. The maximum Gasteiger partial charge on any atom is 0.410 e. The molecule has 5 heteroatoms. The fourth-order valence-electron chi connectivity index (χ4n) is 1.91. The lowest BCUT2D eigenvalue weighted by atomic mass is 10.1. The molecule has 0 aromatic rings. The SMILES string of the molecule is CCC[C@@H]1CNCCN1C(=O)OC(C)(C)C.Cl. The van der Waals surface area contributed by atoms with E-state index >= 15 is 0 Å². The molecule has 0 aliphatic carbocycles. The van der Waals surface area contributed by atoms with Crippen molar-refractivity contribution in [3.8, 4) is 0 Å². The van der Waals surface area contributed by atoms with Crippen molar-refractivity contribution in [1.29, 1.82) is 0 Å². The third kappa shape index (κ3) is 5.59. The van der Waals surface area contributed by atoms with Gasteiger partial charge in [-0.1, -0.05) is 13.3 Å². The second-order valence-electron chi connectivity index (χ2n) is 5.32. The van der Waals surface area contributed by atoms with Gasteiger partial charge in [-0.15, -0.1) is 12.4 Å². The zero-order chi connectivity index (χ0) is 12.2. The van der Waals surface area contributed by atoms with Gasteiger partial charge < -0.3 is 15.0 Å². The average molecular weight is 265 g/mol. The molecule has 1 N–H and O–H groups in total. The standard InChI is InChI=1S/C12H24N2O2.ClH/c1-5-6-10-9-13-7-8-14(10)11(15)16-12(2,3)4;/h10,13H,5-9H2,1-4H3;1H/t10-;/m1./s1. The van der Waals surface area contributed by atoms with Crippen LogP contribution in [0, 0.1) is 0 Å². The minimum atomic E-state index is -0.404. The summed E-state index contributed by atoms with van der Waals surface area (Å²) >= 11 is 0. The van der Waals surface area contributed by atoms with Crippen LogP contribution in [0.3, 0.4) is 0 Å². The topological polar surface area (TPSA) is 41.6 Å². The first-order valence-electron chi connectivity index (χ1n) is 6.14. The first-order chi connectivity index (χ1) is 7.44. The largest absolute Gasteiger partial charge is 0.444 e. The summed E-state index contributed by atoms with van der Waals surface area (Å²) < 4.78 is 5.41. The number of nitrogens with zero attached hydrogens (tertiary/aromatic N) is 1. The fourth-order valence-corrected chi connectivity index (χ4v) is 1.91. The molecule has 4 nitrogen and oxygen atoms in total. The molecule has 0 saturated carbocycles. The second kappa shape index (κ2) is 7.07. The summed E-state index contributed by atoms with van der Waals surface area (Å²) in [4.78, 5) is 13.8. The van der Waals surface area contributed by atoms with Crippen LogP contribution in [0.15, 0.2) is 0 Å². The van der Waals surface area contributed by atoms with Crippen molar-refractivity contribution in [3.05, 3.63) is 0 Å². The number of ether oxygens (including phenoxy) is 1. The van der Waals surface area contributed by atoms with Crippen molar-refractivity contribution in [2.45, 2.75) is 52.2 Å². The smallest absolute Gasteiger partial charge is 0.410 e. The predicted octanol–water partition coefficient (Wildman–Crippen LogP) is 2.42. The van der Waals surface area contributed by atoms with Gasteiger partial charge in [0.15, 0.2) is 0 Å². The van der Waals surface area contributed by atoms with Gasteiger partial charge in [0.25, 0.3) is 0 Å². The van der Waals surface area contributed by atoms with Gasteiger partial charge in [-0.25, -0.2) is 4.79 Å². The number of hydrogen-bond donors (Lipinski definition) is 1. The molecule has 1 saturated heterocycles. The van der Waals surface area contributed by atoms with E-state index in [-0.39, 0.29) is 24.5 Å². The number of piperazine rings is 1. The predicted molar refractivity (Wildman–Crippen MR) is 71.8 cm³/mol. The zero-order valence-corrected chi connectivity index (χ0v) is 12.1. The highest BCUT2D eigenvalue weighted by Crippen LogP contribution is 2.15. The van der Waals surface area contributed by atoms with E-state index in [2.05, 4.69) is 12.2 Å². The van der Waals surface area contributed by atoms with Gasteiger partial charge in [-0.05, 0) is 27.2 Å². The summed E-state index contributed by atoms with van der Waals surface area (Å²) in [5.41, 5.74) is -0.404. The van der Waals surface area contributed by atoms with E-state index in [1.807, 2.05) is 25.7 Å². The Labute approximate surface area is 110 Å². The van der Waals surface area contributed by atoms with Gasteiger partial charge >= 0.3 is 6.09 Å². The van der Waals surface area contributed by atoms with Crippen LogP contribution < -0.4 is 5.32 Å². The summed E-state index contributed by atoms with van der Waals surface area (Å²) in [6.45, 7) is 10.3. The first kappa shape index (κ1) is 16.5. The maximum absolute atomic E-state index is 12.0. The molecule has 0 unspecified atom stereocenters. The molecule has 1 heterocycles. The van der Waals surface area contributed by atoms with Crippen LogP contribution in [0.1, 0.15) is 40.5 Å². The van der Waals surface area contributed by atoms with Crippen molar-refractivity contribution >= 4 is 18.5 Å². The Balaban J connectivity index is 0.00000256. The van der Waals surface area contributed by atoms with Gasteiger partial charge in [0.05, 0.1) is 0 Å². The number of hydrogen-bond acceptors (Lipinski definition) is 3. The van der Waals surface area contributed by atoms with Crippen LogP contribution in [0.5, 0.6) is 0 Å². The lowest BCUT2D eigenvalue weighted by Crippen LogP contribution is -2.54. The summed E-state index contributed by atoms with van der Waals surface area (Å²) in [5, 5.41) is 3.32. The van der Waals surface area contributed by atoms with Gasteiger partial charge in [-0.2, -0.15) is 0 Å². The molecule has 102 valence electrons. The molecule has 1 rings (SSSR count). The summed E-state index contributed by atoms with van der Waals surface area (Å²) in [5.74, 6) is 0. The molecule has 1 aliphatic heterocycles. The number of nitrogens with one attached hydrogen (secondary N) is 1. The molecule has 1 atom stereocenters. The minimum absolute atomic E-state index is 0. The van der Waals surface area contributed by atoms with E-state index in [9.17, 15) is 4.79 Å². The lowest BCUT2D eigenvalue weighted by molar-refractivity contribution is 0.0111. The third-order valence-electron chi connectivity index (χ3n) is 2.60. The van der Waals surface area contributed by atoms with Gasteiger partial charge in [0, 0.05) is 25.7 Å². The molecule has 1 fully saturated rings. The fraction of sp³-hybridized carbons (Fsp3) is 0.917. The van der Waals surface area contributed by atoms with Crippen molar-refractivity contribution in [1.82, 2.24) is 10.2 Å². The van der Waals surface area contributed by atoms with Crippen LogP contribution >= 0.6 is 12.4 Å². The number of halogens is 1. The van der Waals surface area contributed by atoms with Gasteiger partial charge in [0.2, 0.25) is 0 Å². The van der Waals surface area contributed by atoms with Crippen LogP contribution in [0.2, 0.25) is 0 Å². The van der Waals surface area contributed by atoms with Crippen LogP contribution in [-0.2, 0) is 4.74 Å². The quantitative estimate of drug-likeness (QED) is 0.833. The Morgan fingerprint density at radius 1 is 1.47 bits per heavy atom. The monoisotopic (exact) mass is 264 g/mol.